The van der Waals surface area contributed by atoms with Gasteiger partial charge in [0.2, 0.25) is 0 Å². The first-order chi connectivity index (χ1) is 6.77. The molecular formula is C11H14N2O. The molecule has 0 aliphatic carbocycles. The third kappa shape index (κ3) is 2.74. The van der Waals surface area contributed by atoms with E-state index in [2.05, 4.69) is 6.07 Å². The fourth-order valence-corrected chi connectivity index (χ4v) is 1.29. The Labute approximate surface area is 84.0 Å². The second-order valence-corrected chi connectivity index (χ2v) is 3.18. The van der Waals surface area contributed by atoms with Crippen LogP contribution < -0.4 is 0 Å². The van der Waals surface area contributed by atoms with Crippen LogP contribution >= 0.6 is 0 Å². The number of hydrogen-bond donors (Lipinski definition) is 0. The quantitative estimate of drug-likeness (QED) is 0.528. The third-order valence-electron chi connectivity index (χ3n) is 2.10. The lowest BCUT2D eigenvalue weighted by Gasteiger charge is -1.98. The topological polar surface area (TPSA) is 45.8 Å². The van der Waals surface area contributed by atoms with Gasteiger partial charge in [0.25, 0.3) is 0 Å². The third-order valence-corrected chi connectivity index (χ3v) is 2.10. The van der Waals surface area contributed by atoms with Gasteiger partial charge in [0.05, 0.1) is 6.07 Å². The molecule has 0 spiro atoms. The minimum Gasteiger partial charge on any atom is -0.353 e. The van der Waals surface area contributed by atoms with Gasteiger partial charge in [-0.2, -0.15) is 5.26 Å². The molecule has 0 aliphatic heterocycles. The zero-order chi connectivity index (χ0) is 10.4. The number of nitriles is 1. The van der Waals surface area contributed by atoms with E-state index in [1.807, 2.05) is 30.0 Å². The molecule has 0 unspecified atom stereocenters. The van der Waals surface area contributed by atoms with Crippen molar-refractivity contribution in [2.24, 2.45) is 0 Å². The van der Waals surface area contributed by atoms with Crippen LogP contribution in [-0.2, 0) is 6.54 Å². The maximum Gasteiger partial charge on any atom is 0.164 e. The van der Waals surface area contributed by atoms with E-state index in [4.69, 9.17) is 5.26 Å². The molecule has 14 heavy (non-hydrogen) atoms. The Bertz CT molecular complexity index is 346. The zero-order valence-corrected chi connectivity index (χ0v) is 8.36. The summed E-state index contributed by atoms with van der Waals surface area (Å²) in [6.07, 6.45) is 5.69. The van der Waals surface area contributed by atoms with Crippen molar-refractivity contribution in [2.45, 2.75) is 32.7 Å². The first-order valence-corrected chi connectivity index (χ1v) is 4.84. The fraction of sp³-hybridized carbons (Fsp3) is 0.455. The molecule has 0 aliphatic rings. The predicted molar refractivity (Wildman–Crippen MR) is 53.9 cm³/mol. The average Bonchev–Trinajstić information content (AvgIpc) is 2.66. The van der Waals surface area contributed by atoms with Crippen LogP contribution in [0.4, 0.5) is 0 Å². The number of carbonyl (C=O) groups is 1. The molecule has 0 aromatic carbocycles. The van der Waals surface area contributed by atoms with Crippen LogP contribution in [0.15, 0.2) is 18.5 Å². The zero-order valence-electron chi connectivity index (χ0n) is 8.36. The van der Waals surface area contributed by atoms with E-state index in [0.29, 0.717) is 12.8 Å². The van der Waals surface area contributed by atoms with Crippen molar-refractivity contribution in [1.29, 1.82) is 5.26 Å². The van der Waals surface area contributed by atoms with Crippen LogP contribution in [0.3, 0.4) is 0 Å². The van der Waals surface area contributed by atoms with Crippen molar-refractivity contribution >= 4 is 5.78 Å². The van der Waals surface area contributed by atoms with E-state index in [-0.39, 0.29) is 5.78 Å². The molecule has 1 aromatic heterocycles. The van der Waals surface area contributed by atoms with Gasteiger partial charge in [0, 0.05) is 37.3 Å². The highest BCUT2D eigenvalue weighted by Gasteiger charge is 2.03. The van der Waals surface area contributed by atoms with Crippen LogP contribution in [-0.4, -0.2) is 10.4 Å². The highest BCUT2D eigenvalue weighted by atomic mass is 16.1. The van der Waals surface area contributed by atoms with E-state index >= 15 is 0 Å². The Morgan fingerprint density at radius 3 is 3.07 bits per heavy atom. The van der Waals surface area contributed by atoms with Gasteiger partial charge in [0.15, 0.2) is 5.78 Å². The van der Waals surface area contributed by atoms with Crippen LogP contribution in [0, 0.1) is 11.3 Å². The summed E-state index contributed by atoms with van der Waals surface area (Å²) in [6.45, 7) is 2.67. The Morgan fingerprint density at radius 1 is 1.64 bits per heavy atom. The van der Waals surface area contributed by atoms with Crippen LogP contribution in [0.2, 0.25) is 0 Å². The lowest BCUT2D eigenvalue weighted by molar-refractivity contribution is 0.0988. The summed E-state index contributed by atoms with van der Waals surface area (Å²) < 4.78 is 1.96. The van der Waals surface area contributed by atoms with Gasteiger partial charge >= 0.3 is 0 Å². The van der Waals surface area contributed by atoms with Gasteiger partial charge in [-0.3, -0.25) is 4.79 Å². The Kier molecular flexibility index (Phi) is 3.93. The van der Waals surface area contributed by atoms with Crippen molar-refractivity contribution in [3.63, 3.8) is 0 Å². The van der Waals surface area contributed by atoms with Crippen molar-refractivity contribution in [2.75, 3.05) is 0 Å². The van der Waals surface area contributed by atoms with E-state index in [9.17, 15) is 4.79 Å². The van der Waals surface area contributed by atoms with E-state index in [0.717, 1.165) is 18.5 Å². The minimum absolute atomic E-state index is 0.170. The molecule has 0 atom stereocenters. The largest absolute Gasteiger partial charge is 0.353 e. The highest BCUT2D eigenvalue weighted by Crippen LogP contribution is 2.05. The van der Waals surface area contributed by atoms with Crippen LogP contribution in [0.1, 0.15) is 36.5 Å². The van der Waals surface area contributed by atoms with Crippen molar-refractivity contribution < 1.29 is 4.79 Å². The second-order valence-electron chi connectivity index (χ2n) is 3.18. The fourth-order valence-electron chi connectivity index (χ4n) is 1.29. The molecular weight excluding hydrogens is 176 g/mol. The number of Topliss-reactive ketones (excluding diaryl/α,β-unsaturated/α-hetero) is 1. The molecule has 0 amide bonds. The lowest BCUT2D eigenvalue weighted by atomic mass is 10.2. The average molecular weight is 190 g/mol. The predicted octanol–water partition coefficient (Wildman–Crippen LogP) is 2.38. The molecule has 3 nitrogen and oxygen atoms in total. The number of aromatic nitrogens is 1. The Hall–Kier alpha value is -1.56. The van der Waals surface area contributed by atoms with Crippen LogP contribution in [0.25, 0.3) is 0 Å². The van der Waals surface area contributed by atoms with Gasteiger partial charge in [0.1, 0.15) is 0 Å². The monoisotopic (exact) mass is 190 g/mol. The summed E-state index contributed by atoms with van der Waals surface area (Å²) in [5.74, 6) is 0.170. The molecule has 0 saturated carbocycles. The molecule has 1 aromatic rings. The van der Waals surface area contributed by atoms with E-state index < -0.39 is 0 Å². The van der Waals surface area contributed by atoms with Crippen LogP contribution in [0.5, 0.6) is 0 Å². The van der Waals surface area contributed by atoms with E-state index in [1.165, 1.54) is 0 Å². The standard InChI is InChI=1S/C11H14N2O/c1-2-11(14)10-5-8-13(9-10)7-4-3-6-12/h5,8-9H,2-4,7H2,1H3. The second kappa shape index (κ2) is 5.23. The molecule has 0 fully saturated rings. The maximum atomic E-state index is 11.3. The summed E-state index contributed by atoms with van der Waals surface area (Å²) in [5, 5.41) is 8.36. The summed E-state index contributed by atoms with van der Waals surface area (Å²) in [5.41, 5.74) is 0.768. The number of nitrogens with zero attached hydrogens (tertiary/aromatic N) is 2. The number of rotatable bonds is 5. The molecule has 0 bridgehead atoms. The highest BCUT2D eigenvalue weighted by molar-refractivity contribution is 5.95. The molecule has 0 N–H and O–H groups in total. The number of aryl methyl sites for hydroxylation is 1. The molecule has 0 saturated heterocycles. The Balaban J connectivity index is 2.51. The smallest absolute Gasteiger partial charge is 0.164 e. The first kappa shape index (κ1) is 10.5. The SMILES string of the molecule is CCC(=O)c1ccn(CCCC#N)c1. The number of unbranched alkanes of at least 4 members (excludes halogenated alkanes) is 1. The van der Waals surface area contributed by atoms with Gasteiger partial charge in [-0.25, -0.2) is 0 Å². The first-order valence-electron chi connectivity index (χ1n) is 4.84. The number of ketones is 1. The Morgan fingerprint density at radius 2 is 2.43 bits per heavy atom. The van der Waals surface area contributed by atoms with E-state index in [1.54, 1.807) is 0 Å². The normalized spacial score (nSPS) is 9.71. The number of hydrogen-bond acceptors (Lipinski definition) is 2. The summed E-state index contributed by atoms with van der Waals surface area (Å²) in [4.78, 5) is 11.3. The van der Waals surface area contributed by atoms with Crippen molar-refractivity contribution in [3.05, 3.63) is 24.0 Å². The van der Waals surface area contributed by atoms with Gasteiger partial charge in [-0.1, -0.05) is 6.92 Å². The molecule has 1 heterocycles. The van der Waals surface area contributed by atoms with Gasteiger partial charge < -0.3 is 4.57 Å². The van der Waals surface area contributed by atoms with Crippen molar-refractivity contribution in [3.8, 4) is 6.07 Å². The van der Waals surface area contributed by atoms with Crippen molar-refractivity contribution in [1.82, 2.24) is 4.57 Å². The number of carbonyl (C=O) groups excluding carboxylic acids is 1. The molecule has 74 valence electrons. The molecule has 0 radical (unpaired) electrons. The minimum atomic E-state index is 0.170. The maximum absolute atomic E-state index is 11.3. The molecule has 3 heteroatoms. The summed E-state index contributed by atoms with van der Waals surface area (Å²) in [7, 11) is 0. The molecule has 1 rings (SSSR count). The van der Waals surface area contributed by atoms with Gasteiger partial charge in [-0.05, 0) is 12.5 Å². The summed E-state index contributed by atoms with van der Waals surface area (Å²) in [6, 6.07) is 3.93. The summed E-state index contributed by atoms with van der Waals surface area (Å²) >= 11 is 0. The lowest BCUT2D eigenvalue weighted by Crippen LogP contribution is -1.96. The van der Waals surface area contributed by atoms with Gasteiger partial charge in [-0.15, -0.1) is 0 Å².